The van der Waals surface area contributed by atoms with Gasteiger partial charge in [-0.25, -0.2) is 5.84 Å². The van der Waals surface area contributed by atoms with Crippen LogP contribution in [0.15, 0.2) is 65.2 Å². The quantitative estimate of drug-likeness (QED) is 0.204. The van der Waals surface area contributed by atoms with E-state index in [-0.39, 0.29) is 16.8 Å². The molecule has 10 nitrogen and oxygen atoms in total. The molecule has 2 heterocycles. The van der Waals surface area contributed by atoms with Gasteiger partial charge in [0.1, 0.15) is 16.8 Å². The summed E-state index contributed by atoms with van der Waals surface area (Å²) in [6.07, 6.45) is 1.53. The summed E-state index contributed by atoms with van der Waals surface area (Å²) in [6, 6.07) is 14.6. The van der Waals surface area contributed by atoms with Gasteiger partial charge in [-0.1, -0.05) is 0 Å². The van der Waals surface area contributed by atoms with E-state index in [0.29, 0.717) is 22.2 Å². The van der Waals surface area contributed by atoms with Crippen LogP contribution in [0.3, 0.4) is 0 Å². The van der Waals surface area contributed by atoms with E-state index in [9.17, 15) is 14.9 Å². The lowest BCUT2D eigenvalue weighted by atomic mass is 9.99. The van der Waals surface area contributed by atoms with Crippen molar-refractivity contribution in [1.82, 2.24) is 15.6 Å². The molecule has 30 heavy (non-hydrogen) atoms. The molecule has 0 saturated heterocycles. The third kappa shape index (κ3) is 3.38. The molecule has 0 bridgehead atoms. The van der Waals surface area contributed by atoms with Crippen molar-refractivity contribution in [3.8, 4) is 22.4 Å². The summed E-state index contributed by atoms with van der Waals surface area (Å²) < 4.78 is 5.41. The van der Waals surface area contributed by atoms with Crippen LogP contribution in [0.25, 0.3) is 33.4 Å². The maximum atomic E-state index is 11.9. The van der Waals surface area contributed by atoms with E-state index in [1.54, 1.807) is 36.4 Å². The first-order valence-corrected chi connectivity index (χ1v) is 8.68. The maximum Gasteiger partial charge on any atom is 0.270 e. The first kappa shape index (κ1) is 18.9. The molecule has 2 aromatic heterocycles. The van der Waals surface area contributed by atoms with Crippen LogP contribution in [-0.2, 0) is 0 Å². The molecule has 4 aromatic rings. The first-order valence-electron chi connectivity index (χ1n) is 8.68. The van der Waals surface area contributed by atoms with Crippen molar-refractivity contribution in [3.05, 3.63) is 82.0 Å². The van der Waals surface area contributed by atoms with Crippen LogP contribution in [0.5, 0.6) is 0 Å². The van der Waals surface area contributed by atoms with Crippen molar-refractivity contribution >= 4 is 22.6 Å². The molecule has 1 amide bonds. The van der Waals surface area contributed by atoms with Crippen LogP contribution < -0.4 is 16.8 Å². The monoisotopic (exact) mass is 402 g/mol. The van der Waals surface area contributed by atoms with Crippen LogP contribution in [0.2, 0.25) is 0 Å². The van der Waals surface area contributed by atoms with E-state index in [2.05, 4.69) is 10.2 Å². The number of rotatable bonds is 4. The molecule has 4 N–H and O–H groups in total. The minimum Gasteiger partial charge on any atom is -0.438 e. The molecule has 2 aromatic carbocycles. The summed E-state index contributed by atoms with van der Waals surface area (Å²) in [5, 5.41) is 27.5. The SMILES string of the molecule is N=c1oc2ccc(-c3nnccc3-c3ccc([N+](=O)[O-])cc3)cc2cc1C(=O)NN. The Labute approximate surface area is 168 Å². The molecule has 148 valence electrons. The van der Waals surface area contributed by atoms with Crippen LogP contribution >= 0.6 is 0 Å². The highest BCUT2D eigenvalue weighted by molar-refractivity contribution is 5.97. The second-order valence-corrected chi connectivity index (χ2v) is 6.31. The molecule has 0 spiro atoms. The molecule has 10 heteroatoms. The largest absolute Gasteiger partial charge is 0.438 e. The zero-order valence-electron chi connectivity index (χ0n) is 15.3. The van der Waals surface area contributed by atoms with Gasteiger partial charge in [0.2, 0.25) is 5.55 Å². The third-order valence-corrected chi connectivity index (χ3v) is 4.53. The first-order chi connectivity index (χ1) is 14.5. The van der Waals surface area contributed by atoms with Crippen molar-refractivity contribution in [3.63, 3.8) is 0 Å². The zero-order chi connectivity index (χ0) is 21.3. The molecule has 0 saturated carbocycles. The summed E-state index contributed by atoms with van der Waals surface area (Å²) in [4.78, 5) is 22.3. The number of carbonyl (C=O) groups excluding carboxylic acids is 1. The van der Waals surface area contributed by atoms with E-state index in [1.807, 2.05) is 5.43 Å². The van der Waals surface area contributed by atoms with Gasteiger partial charge in [0.15, 0.2) is 0 Å². The Morgan fingerprint density at radius 1 is 1.10 bits per heavy atom. The number of hydrogen-bond donors (Lipinski definition) is 3. The van der Waals surface area contributed by atoms with Gasteiger partial charge in [0, 0.05) is 28.6 Å². The number of fused-ring (bicyclic) bond motifs is 1. The fraction of sp³-hybridized carbons (Fsp3) is 0. The van der Waals surface area contributed by atoms with E-state index < -0.39 is 10.8 Å². The Bertz CT molecular complexity index is 1350. The van der Waals surface area contributed by atoms with Crippen LogP contribution in [0.1, 0.15) is 10.4 Å². The number of hydrazine groups is 1. The Kier molecular flexibility index (Phi) is 4.74. The van der Waals surface area contributed by atoms with Gasteiger partial charge in [-0.3, -0.25) is 25.7 Å². The maximum absolute atomic E-state index is 11.9. The Hall–Kier alpha value is -4.44. The molecular formula is C20H14N6O4. The van der Waals surface area contributed by atoms with Gasteiger partial charge in [-0.05, 0) is 48.0 Å². The highest BCUT2D eigenvalue weighted by Gasteiger charge is 2.14. The standard InChI is InChI=1S/C20H14N6O4/c21-19-16(20(27)24-22)10-13-9-12(3-6-17(13)30-19)18-15(7-8-23-25-18)11-1-4-14(5-2-11)26(28)29/h1-10,21H,22H2,(H,24,27). The Morgan fingerprint density at radius 3 is 2.53 bits per heavy atom. The topological polar surface area (TPSA) is 161 Å². The number of nitro benzene ring substituents is 1. The van der Waals surface area contributed by atoms with E-state index in [4.69, 9.17) is 15.7 Å². The van der Waals surface area contributed by atoms with Gasteiger partial charge < -0.3 is 4.42 Å². The minimum absolute atomic E-state index is 0.00288. The second kappa shape index (κ2) is 7.53. The molecule has 4 rings (SSSR count). The average molecular weight is 402 g/mol. The van der Waals surface area contributed by atoms with Gasteiger partial charge in [0.25, 0.3) is 11.6 Å². The lowest BCUT2D eigenvalue weighted by Gasteiger charge is -2.09. The molecule has 0 atom stereocenters. The lowest BCUT2D eigenvalue weighted by molar-refractivity contribution is -0.384. The van der Waals surface area contributed by atoms with Crippen molar-refractivity contribution in [2.24, 2.45) is 5.84 Å². The number of nitrogens with two attached hydrogens (primary N) is 1. The van der Waals surface area contributed by atoms with E-state index in [1.165, 1.54) is 24.4 Å². The van der Waals surface area contributed by atoms with Crippen LogP contribution in [0, 0.1) is 15.5 Å². The van der Waals surface area contributed by atoms with Gasteiger partial charge >= 0.3 is 0 Å². The number of amides is 1. The number of non-ortho nitro benzene ring substituents is 1. The number of nitrogens with zero attached hydrogens (tertiary/aromatic N) is 3. The van der Waals surface area contributed by atoms with Crippen LogP contribution in [0.4, 0.5) is 5.69 Å². The molecule has 0 radical (unpaired) electrons. The molecule has 0 aliphatic rings. The van der Waals surface area contributed by atoms with Gasteiger partial charge in [-0.2, -0.15) is 5.10 Å². The molecule has 0 aliphatic heterocycles. The zero-order valence-corrected chi connectivity index (χ0v) is 15.3. The fourth-order valence-electron chi connectivity index (χ4n) is 3.07. The van der Waals surface area contributed by atoms with Crippen molar-refractivity contribution in [1.29, 1.82) is 5.41 Å². The predicted molar refractivity (Wildman–Crippen MR) is 107 cm³/mol. The minimum atomic E-state index is -0.637. The summed E-state index contributed by atoms with van der Waals surface area (Å²) in [6.45, 7) is 0. The van der Waals surface area contributed by atoms with Crippen molar-refractivity contribution in [2.75, 3.05) is 0 Å². The van der Waals surface area contributed by atoms with Gasteiger partial charge in [0.05, 0.1) is 11.1 Å². The highest BCUT2D eigenvalue weighted by Crippen LogP contribution is 2.32. The third-order valence-electron chi connectivity index (χ3n) is 4.53. The van der Waals surface area contributed by atoms with Crippen molar-refractivity contribution < 1.29 is 14.1 Å². The van der Waals surface area contributed by atoms with Crippen molar-refractivity contribution in [2.45, 2.75) is 0 Å². The Morgan fingerprint density at radius 2 is 1.83 bits per heavy atom. The number of nitro groups is 1. The average Bonchev–Trinajstić information content (AvgIpc) is 2.78. The number of hydrogen-bond acceptors (Lipinski definition) is 8. The van der Waals surface area contributed by atoms with Crippen LogP contribution in [-0.4, -0.2) is 21.0 Å². The van der Waals surface area contributed by atoms with E-state index in [0.717, 1.165) is 11.1 Å². The number of aromatic nitrogens is 2. The van der Waals surface area contributed by atoms with E-state index >= 15 is 0 Å². The number of nitrogen functional groups attached to an aromatic ring is 1. The number of nitrogens with one attached hydrogen (secondary N) is 2. The smallest absolute Gasteiger partial charge is 0.270 e. The summed E-state index contributed by atoms with van der Waals surface area (Å²) in [5.41, 5.74) is 4.80. The lowest BCUT2D eigenvalue weighted by Crippen LogP contribution is -2.33. The Balaban J connectivity index is 1.84. The molecule has 0 aliphatic carbocycles. The molecule has 0 unspecified atom stereocenters. The molecular weight excluding hydrogens is 388 g/mol. The second-order valence-electron chi connectivity index (χ2n) is 6.31. The number of benzene rings is 2. The summed E-state index contributed by atoms with van der Waals surface area (Å²) in [7, 11) is 0. The van der Waals surface area contributed by atoms with Gasteiger partial charge in [-0.15, -0.1) is 5.10 Å². The number of carbonyl (C=O) groups is 1. The predicted octanol–water partition coefficient (Wildman–Crippen LogP) is 2.55. The normalized spacial score (nSPS) is 10.7. The molecule has 0 fully saturated rings. The summed E-state index contributed by atoms with van der Waals surface area (Å²) >= 11 is 0. The summed E-state index contributed by atoms with van der Waals surface area (Å²) in [5.74, 6) is 4.53. The highest BCUT2D eigenvalue weighted by atomic mass is 16.6. The fourth-order valence-corrected chi connectivity index (χ4v) is 3.07.